The van der Waals surface area contributed by atoms with Gasteiger partial charge < -0.3 is 14.2 Å². The van der Waals surface area contributed by atoms with Crippen molar-refractivity contribution in [2.24, 2.45) is 0 Å². The van der Waals surface area contributed by atoms with Crippen molar-refractivity contribution in [2.45, 2.75) is 66.8 Å². The second kappa shape index (κ2) is 10.3. The van der Waals surface area contributed by atoms with Gasteiger partial charge in [0.1, 0.15) is 12.2 Å². The molecule has 2 unspecified atom stereocenters. The van der Waals surface area contributed by atoms with Crippen LogP contribution in [0.5, 0.6) is 0 Å². The summed E-state index contributed by atoms with van der Waals surface area (Å²) in [6, 6.07) is 0. The Morgan fingerprint density at radius 2 is 0.895 bits per heavy atom. The van der Waals surface area contributed by atoms with E-state index in [1.165, 1.54) is 20.8 Å². The Morgan fingerprint density at radius 1 is 0.632 bits per heavy atom. The molecule has 6 heteroatoms. The van der Waals surface area contributed by atoms with Crippen LogP contribution in [-0.4, -0.2) is 36.2 Å². The van der Waals surface area contributed by atoms with E-state index in [9.17, 15) is 14.4 Å². The topological polar surface area (TPSA) is 78.9 Å². The largest absolute Gasteiger partial charge is 0.463 e. The van der Waals surface area contributed by atoms with E-state index >= 15 is 0 Å². The summed E-state index contributed by atoms with van der Waals surface area (Å²) < 4.78 is 14.2. The summed E-state index contributed by atoms with van der Waals surface area (Å²) in [5.74, 6) is -0.960. The normalized spacial score (nSPS) is 12.6. The predicted molar refractivity (Wildman–Crippen MR) is 69.4 cm³/mol. The number of carbonyl (C=O) groups excluding carboxylic acids is 3. The van der Waals surface area contributed by atoms with Crippen molar-refractivity contribution in [3.05, 3.63) is 0 Å². The molecule has 0 fully saturated rings. The van der Waals surface area contributed by atoms with Gasteiger partial charge >= 0.3 is 17.9 Å². The van der Waals surface area contributed by atoms with E-state index in [1.807, 2.05) is 13.8 Å². The fourth-order valence-electron chi connectivity index (χ4n) is 1.05. The van der Waals surface area contributed by atoms with E-state index < -0.39 is 12.2 Å². The van der Waals surface area contributed by atoms with Crippen molar-refractivity contribution >= 4 is 17.9 Å². The molecule has 0 rings (SSSR count). The van der Waals surface area contributed by atoms with E-state index in [2.05, 4.69) is 4.74 Å². The van der Waals surface area contributed by atoms with Gasteiger partial charge in [-0.2, -0.15) is 0 Å². The fourth-order valence-corrected chi connectivity index (χ4v) is 1.05. The summed E-state index contributed by atoms with van der Waals surface area (Å²) in [6.07, 6.45) is -0.768. The molecular weight excluding hydrogens is 252 g/mol. The number of esters is 3. The monoisotopic (exact) mass is 276 g/mol. The van der Waals surface area contributed by atoms with Gasteiger partial charge in [-0.15, -0.1) is 0 Å². The standard InChI is InChI=1S/C8H14O4.C5H10O2/c1-5(11-7(3)9)6(2)12-8(4)10;1-4(2)7-5(3)6/h5-6H,1-4H3;4H,1-3H3. The molecular formula is C13H24O6. The van der Waals surface area contributed by atoms with Gasteiger partial charge in [-0.1, -0.05) is 0 Å². The van der Waals surface area contributed by atoms with Crippen molar-refractivity contribution in [3.8, 4) is 0 Å². The summed E-state index contributed by atoms with van der Waals surface area (Å²) >= 11 is 0. The van der Waals surface area contributed by atoms with Gasteiger partial charge in [-0.25, -0.2) is 0 Å². The van der Waals surface area contributed by atoms with Crippen molar-refractivity contribution in [1.29, 1.82) is 0 Å². The molecule has 0 aliphatic carbocycles. The van der Waals surface area contributed by atoms with Crippen LogP contribution >= 0.6 is 0 Å². The van der Waals surface area contributed by atoms with E-state index in [0.29, 0.717) is 0 Å². The zero-order chi connectivity index (χ0) is 15.6. The highest BCUT2D eigenvalue weighted by molar-refractivity contribution is 5.67. The first-order chi connectivity index (χ1) is 8.56. The van der Waals surface area contributed by atoms with Gasteiger partial charge in [0, 0.05) is 20.8 Å². The number of ether oxygens (including phenoxy) is 3. The highest BCUT2D eigenvalue weighted by atomic mass is 16.6. The van der Waals surface area contributed by atoms with Crippen molar-refractivity contribution in [2.75, 3.05) is 0 Å². The van der Waals surface area contributed by atoms with Gasteiger partial charge in [0.2, 0.25) is 0 Å². The molecule has 0 amide bonds. The van der Waals surface area contributed by atoms with Crippen LogP contribution < -0.4 is 0 Å². The predicted octanol–water partition coefficient (Wildman–Crippen LogP) is 1.85. The summed E-state index contributed by atoms with van der Waals surface area (Å²) in [6.45, 7) is 11.0. The lowest BCUT2D eigenvalue weighted by Crippen LogP contribution is -2.29. The molecule has 0 saturated carbocycles. The van der Waals surface area contributed by atoms with Gasteiger partial charge in [0.15, 0.2) is 0 Å². The lowest BCUT2D eigenvalue weighted by Gasteiger charge is -2.18. The number of rotatable bonds is 4. The molecule has 0 heterocycles. The number of hydrogen-bond donors (Lipinski definition) is 0. The third-order valence-electron chi connectivity index (χ3n) is 1.77. The zero-order valence-corrected chi connectivity index (χ0v) is 12.7. The molecule has 112 valence electrons. The van der Waals surface area contributed by atoms with E-state index in [-0.39, 0.29) is 24.0 Å². The van der Waals surface area contributed by atoms with Crippen LogP contribution in [0.15, 0.2) is 0 Å². The van der Waals surface area contributed by atoms with E-state index in [1.54, 1.807) is 13.8 Å². The molecule has 0 aromatic carbocycles. The quantitative estimate of drug-likeness (QED) is 0.576. The van der Waals surface area contributed by atoms with Crippen molar-refractivity contribution < 1.29 is 28.6 Å². The fraction of sp³-hybridized carbons (Fsp3) is 0.769. The molecule has 0 aliphatic heterocycles. The van der Waals surface area contributed by atoms with E-state index in [0.717, 1.165) is 0 Å². The Balaban J connectivity index is 0. The number of hydrogen-bond acceptors (Lipinski definition) is 6. The first kappa shape index (κ1) is 19.7. The lowest BCUT2D eigenvalue weighted by molar-refractivity contribution is -0.162. The van der Waals surface area contributed by atoms with Crippen LogP contribution in [0.1, 0.15) is 48.5 Å². The Bertz CT molecular complexity index is 278. The van der Waals surface area contributed by atoms with Crippen LogP contribution in [0, 0.1) is 0 Å². The Morgan fingerprint density at radius 3 is 1.00 bits per heavy atom. The minimum absolute atomic E-state index is 0.0255. The molecule has 0 radical (unpaired) electrons. The molecule has 19 heavy (non-hydrogen) atoms. The summed E-state index contributed by atoms with van der Waals surface area (Å²) in [5.41, 5.74) is 0. The zero-order valence-electron chi connectivity index (χ0n) is 12.7. The third kappa shape index (κ3) is 16.4. The van der Waals surface area contributed by atoms with Gasteiger partial charge in [0.25, 0.3) is 0 Å². The third-order valence-corrected chi connectivity index (χ3v) is 1.77. The Labute approximate surface area is 114 Å². The average Bonchev–Trinajstić information content (AvgIpc) is 2.13. The highest BCUT2D eigenvalue weighted by Crippen LogP contribution is 2.03. The molecule has 0 N–H and O–H groups in total. The van der Waals surface area contributed by atoms with Gasteiger partial charge in [0.05, 0.1) is 6.10 Å². The molecule has 0 spiro atoms. The van der Waals surface area contributed by atoms with Crippen LogP contribution in [0.3, 0.4) is 0 Å². The second-order valence-electron chi connectivity index (χ2n) is 4.29. The Hall–Kier alpha value is -1.59. The first-order valence-electron chi connectivity index (χ1n) is 6.07. The minimum atomic E-state index is -0.397. The maximum Gasteiger partial charge on any atom is 0.303 e. The maximum absolute atomic E-state index is 10.5. The average molecular weight is 276 g/mol. The van der Waals surface area contributed by atoms with Crippen LogP contribution in [0.4, 0.5) is 0 Å². The summed E-state index contributed by atoms with van der Waals surface area (Å²) in [7, 11) is 0. The van der Waals surface area contributed by atoms with Crippen LogP contribution in [0.2, 0.25) is 0 Å². The molecule has 6 nitrogen and oxygen atoms in total. The molecule has 0 aromatic rings. The van der Waals surface area contributed by atoms with Crippen LogP contribution in [-0.2, 0) is 28.6 Å². The van der Waals surface area contributed by atoms with E-state index in [4.69, 9.17) is 9.47 Å². The van der Waals surface area contributed by atoms with Gasteiger partial charge in [-0.05, 0) is 27.7 Å². The maximum atomic E-state index is 10.5. The number of carbonyl (C=O) groups is 3. The van der Waals surface area contributed by atoms with Crippen LogP contribution in [0.25, 0.3) is 0 Å². The first-order valence-corrected chi connectivity index (χ1v) is 6.07. The Kier molecular flexibility index (Phi) is 10.7. The summed E-state index contributed by atoms with van der Waals surface area (Å²) in [5, 5.41) is 0. The smallest absolute Gasteiger partial charge is 0.303 e. The van der Waals surface area contributed by atoms with Gasteiger partial charge in [-0.3, -0.25) is 14.4 Å². The second-order valence-corrected chi connectivity index (χ2v) is 4.29. The van der Waals surface area contributed by atoms with Crippen molar-refractivity contribution in [1.82, 2.24) is 0 Å². The molecule has 0 saturated heterocycles. The van der Waals surface area contributed by atoms with Crippen molar-refractivity contribution in [3.63, 3.8) is 0 Å². The molecule has 0 aliphatic rings. The SMILES string of the molecule is CC(=O)OC(C)C.CC(=O)OC(C)C(C)OC(C)=O. The minimum Gasteiger partial charge on any atom is -0.463 e. The highest BCUT2D eigenvalue weighted by Gasteiger charge is 2.16. The molecule has 0 bridgehead atoms. The molecule has 0 aromatic heterocycles. The summed E-state index contributed by atoms with van der Waals surface area (Å²) in [4.78, 5) is 31.0. The lowest BCUT2D eigenvalue weighted by atomic mass is 10.2. The molecule has 2 atom stereocenters.